The van der Waals surface area contributed by atoms with E-state index in [2.05, 4.69) is 15.5 Å². The molecule has 1 heterocycles. The number of rotatable bonds is 6. The summed E-state index contributed by atoms with van der Waals surface area (Å²) in [5.41, 5.74) is 7.05. The number of halogens is 1. The summed E-state index contributed by atoms with van der Waals surface area (Å²) in [6, 6.07) is 11.5. The third kappa shape index (κ3) is 4.76. The Bertz CT molecular complexity index is 1270. The number of benzene rings is 2. The highest BCUT2D eigenvalue weighted by molar-refractivity contribution is 6.31. The van der Waals surface area contributed by atoms with Crippen molar-refractivity contribution in [1.82, 2.24) is 4.90 Å². The van der Waals surface area contributed by atoms with Gasteiger partial charge in [0.25, 0.3) is 0 Å². The number of carbonyl (C=O) groups excluding carboxylic acids is 3. The van der Waals surface area contributed by atoms with Crippen molar-refractivity contribution in [3.8, 4) is 0 Å². The number of nitrogens with one attached hydrogen (secondary N) is 2. The summed E-state index contributed by atoms with van der Waals surface area (Å²) < 4.78 is 0. The minimum absolute atomic E-state index is 0.0988. The molecule has 2 aromatic carbocycles. The minimum Gasteiger partial charge on any atom is -0.390 e. The van der Waals surface area contributed by atoms with Crippen molar-refractivity contribution < 1.29 is 19.5 Å². The van der Waals surface area contributed by atoms with E-state index in [9.17, 15) is 19.5 Å². The Kier molecular flexibility index (Phi) is 6.35. The van der Waals surface area contributed by atoms with E-state index >= 15 is 0 Å². The maximum absolute atomic E-state index is 13.5. The Morgan fingerprint density at radius 3 is 2.32 bits per heavy atom. The molecule has 7 rings (SSSR count). The number of amides is 4. The number of nitrogens with two attached hydrogens (primary N) is 1. The van der Waals surface area contributed by atoms with Crippen LogP contribution in [0.1, 0.15) is 54.4 Å². The lowest BCUT2D eigenvalue weighted by molar-refractivity contribution is -0.168. The minimum atomic E-state index is -0.532. The van der Waals surface area contributed by atoms with Gasteiger partial charge in [-0.1, -0.05) is 17.7 Å². The highest BCUT2D eigenvalue weighted by atomic mass is 35.5. The van der Waals surface area contributed by atoms with Crippen LogP contribution in [0.2, 0.25) is 5.02 Å². The van der Waals surface area contributed by atoms with Crippen LogP contribution in [0.25, 0.3) is 0 Å². The zero-order valence-electron chi connectivity index (χ0n) is 21.2. The molecule has 5 aliphatic rings. The molecule has 0 aromatic heterocycles. The van der Waals surface area contributed by atoms with Gasteiger partial charge in [0, 0.05) is 40.5 Å². The van der Waals surface area contributed by atoms with Crippen LogP contribution in [0, 0.1) is 23.7 Å². The average Bonchev–Trinajstić information content (AvgIpc) is 3.19. The Balaban J connectivity index is 1.06. The first-order chi connectivity index (χ1) is 18.2. The SMILES string of the molecule is NC(=O)c1ccc(NC(=O)Nc2ccc(CC3CCN(C4C5CC6CC4CC(O)(C6)C5)C3=O)c(Cl)c2)cc1. The first kappa shape index (κ1) is 25.2. The van der Waals surface area contributed by atoms with Gasteiger partial charge in [-0.2, -0.15) is 0 Å². The summed E-state index contributed by atoms with van der Waals surface area (Å²) in [6.07, 6.45) is 6.29. The van der Waals surface area contributed by atoms with E-state index in [1.807, 2.05) is 6.07 Å². The van der Waals surface area contributed by atoms with Gasteiger partial charge in [0.15, 0.2) is 0 Å². The van der Waals surface area contributed by atoms with Crippen LogP contribution >= 0.6 is 11.6 Å². The van der Waals surface area contributed by atoms with Crippen molar-refractivity contribution in [1.29, 1.82) is 0 Å². The molecule has 4 saturated carbocycles. The van der Waals surface area contributed by atoms with Crippen LogP contribution in [-0.4, -0.2) is 46.0 Å². The highest BCUT2D eigenvalue weighted by Crippen LogP contribution is 2.57. The van der Waals surface area contributed by atoms with Gasteiger partial charge in [-0.25, -0.2) is 4.79 Å². The number of urea groups is 1. The van der Waals surface area contributed by atoms with Crippen molar-refractivity contribution in [3.63, 3.8) is 0 Å². The summed E-state index contributed by atoms with van der Waals surface area (Å²) >= 11 is 6.58. The molecule has 4 bridgehead atoms. The van der Waals surface area contributed by atoms with Gasteiger partial charge < -0.3 is 26.4 Å². The Morgan fingerprint density at radius 2 is 1.68 bits per heavy atom. The summed E-state index contributed by atoms with van der Waals surface area (Å²) in [6.45, 7) is 0.780. The molecular formula is C29H33ClN4O4. The largest absolute Gasteiger partial charge is 0.390 e. The number of likely N-dealkylation sites (tertiary alicyclic amines) is 1. The fourth-order valence-electron chi connectivity index (χ4n) is 7.78. The summed E-state index contributed by atoms with van der Waals surface area (Å²) in [5.74, 6) is 1.06. The molecule has 5 N–H and O–H groups in total. The molecule has 5 fully saturated rings. The number of hydrogen-bond acceptors (Lipinski definition) is 4. The van der Waals surface area contributed by atoms with Crippen LogP contribution in [0.5, 0.6) is 0 Å². The van der Waals surface area contributed by atoms with Crippen LogP contribution < -0.4 is 16.4 Å². The standard InChI is InChI=1S/C29H33ClN4O4/c30-24-12-23(33-28(37)32-22-4-1-17(2-5-22)26(31)35)6-3-18(24)11-19-7-8-34(27(19)36)25-20-9-16-10-21(25)15-29(38,13-16)14-20/h1-6,12,16,19-21,25,38H,7-11,13-15H2,(H2,31,35)(H2,32,33,37). The molecule has 1 aliphatic heterocycles. The average molecular weight is 537 g/mol. The Hall–Kier alpha value is -3.10. The number of nitrogens with zero attached hydrogens (tertiary/aromatic N) is 1. The number of hydrogen-bond donors (Lipinski definition) is 4. The van der Waals surface area contributed by atoms with E-state index in [1.165, 1.54) is 0 Å². The van der Waals surface area contributed by atoms with E-state index in [0.717, 1.165) is 50.6 Å². The van der Waals surface area contributed by atoms with Gasteiger partial charge >= 0.3 is 6.03 Å². The number of aliphatic hydroxyl groups is 1. The second-order valence-corrected chi connectivity index (χ2v) is 12.1. The van der Waals surface area contributed by atoms with Gasteiger partial charge in [0.2, 0.25) is 11.8 Å². The van der Waals surface area contributed by atoms with E-state index in [1.54, 1.807) is 36.4 Å². The summed E-state index contributed by atoms with van der Waals surface area (Å²) in [4.78, 5) is 39.2. The lowest BCUT2D eigenvalue weighted by Gasteiger charge is -2.59. The van der Waals surface area contributed by atoms with Crippen LogP contribution in [0.3, 0.4) is 0 Å². The van der Waals surface area contributed by atoms with E-state index in [-0.39, 0.29) is 17.9 Å². The zero-order chi connectivity index (χ0) is 26.6. The highest BCUT2D eigenvalue weighted by Gasteiger charge is 2.57. The maximum Gasteiger partial charge on any atom is 0.323 e. The van der Waals surface area contributed by atoms with Crippen LogP contribution in [-0.2, 0) is 11.2 Å². The molecule has 8 nitrogen and oxygen atoms in total. The van der Waals surface area contributed by atoms with Gasteiger partial charge in [-0.15, -0.1) is 0 Å². The molecule has 200 valence electrons. The quantitative estimate of drug-likeness (QED) is 0.436. The van der Waals surface area contributed by atoms with Crippen molar-refractivity contribution in [3.05, 3.63) is 58.6 Å². The monoisotopic (exact) mass is 536 g/mol. The van der Waals surface area contributed by atoms with Crippen molar-refractivity contribution in [2.75, 3.05) is 17.2 Å². The Morgan fingerprint density at radius 1 is 1.03 bits per heavy atom. The first-order valence-corrected chi connectivity index (χ1v) is 13.8. The molecular weight excluding hydrogens is 504 g/mol. The third-order valence-corrected chi connectivity index (χ3v) is 9.46. The van der Waals surface area contributed by atoms with Gasteiger partial charge in [0.05, 0.1) is 5.60 Å². The lowest BCUT2D eigenvalue weighted by Crippen LogP contribution is -2.62. The predicted octanol–water partition coefficient (Wildman–Crippen LogP) is 4.41. The topological polar surface area (TPSA) is 125 Å². The van der Waals surface area contributed by atoms with Gasteiger partial charge in [0.1, 0.15) is 0 Å². The van der Waals surface area contributed by atoms with Crippen molar-refractivity contribution >= 4 is 40.8 Å². The molecule has 4 aliphatic carbocycles. The molecule has 3 atom stereocenters. The second kappa shape index (κ2) is 9.58. The van der Waals surface area contributed by atoms with Crippen molar-refractivity contribution in [2.24, 2.45) is 29.4 Å². The normalized spacial score (nSPS) is 31.5. The van der Waals surface area contributed by atoms with Crippen molar-refractivity contribution in [2.45, 2.75) is 56.6 Å². The molecule has 1 saturated heterocycles. The number of anilines is 2. The fraction of sp³-hybridized carbons (Fsp3) is 0.483. The van der Waals surface area contributed by atoms with Crippen LogP contribution in [0.4, 0.5) is 16.2 Å². The molecule has 9 heteroatoms. The molecule has 2 aromatic rings. The Labute approximate surface area is 226 Å². The first-order valence-electron chi connectivity index (χ1n) is 13.5. The van der Waals surface area contributed by atoms with Crippen LogP contribution in [0.15, 0.2) is 42.5 Å². The number of primary amides is 1. The summed E-state index contributed by atoms with van der Waals surface area (Å²) in [7, 11) is 0. The smallest absolute Gasteiger partial charge is 0.323 e. The molecule has 0 radical (unpaired) electrons. The maximum atomic E-state index is 13.5. The lowest BCUT2D eigenvalue weighted by atomic mass is 9.52. The molecule has 38 heavy (non-hydrogen) atoms. The third-order valence-electron chi connectivity index (χ3n) is 9.11. The molecule has 3 unspecified atom stereocenters. The number of carbonyl (C=O) groups is 3. The zero-order valence-corrected chi connectivity index (χ0v) is 21.9. The second-order valence-electron chi connectivity index (χ2n) is 11.7. The predicted molar refractivity (Wildman–Crippen MR) is 145 cm³/mol. The fourth-order valence-corrected chi connectivity index (χ4v) is 8.04. The van der Waals surface area contributed by atoms with E-state index in [0.29, 0.717) is 46.1 Å². The van der Waals surface area contributed by atoms with E-state index < -0.39 is 17.5 Å². The van der Waals surface area contributed by atoms with E-state index in [4.69, 9.17) is 17.3 Å². The summed E-state index contributed by atoms with van der Waals surface area (Å²) in [5, 5.41) is 16.9. The molecule has 0 spiro atoms. The van der Waals surface area contributed by atoms with Gasteiger partial charge in [-0.05, 0) is 105 Å². The van der Waals surface area contributed by atoms with Gasteiger partial charge in [-0.3, -0.25) is 9.59 Å². The molecule has 4 amide bonds.